The molecular weight excluding hydrogens is 304 g/mol. The second kappa shape index (κ2) is 18.6. The highest BCUT2D eigenvalue weighted by Crippen LogP contribution is 1.94. The summed E-state index contributed by atoms with van der Waals surface area (Å²) in [7, 11) is 0. The van der Waals surface area contributed by atoms with E-state index in [-0.39, 0.29) is 37.6 Å². The van der Waals surface area contributed by atoms with Gasteiger partial charge in [-0.05, 0) is 13.8 Å². The summed E-state index contributed by atoms with van der Waals surface area (Å²) in [6.07, 6.45) is -0.722. The minimum Gasteiger partial charge on any atom is -0.481 e. The lowest BCUT2D eigenvalue weighted by molar-refractivity contribution is -0.141. The van der Waals surface area contributed by atoms with Crippen LogP contribution in [0.15, 0.2) is 0 Å². The Morgan fingerprint density at radius 2 is 1.05 bits per heavy atom. The SMILES string of the molecule is CC(=O)CC(=O)O.CC(=O)CC(=O)O.OCCSCCO. The average Bonchev–Trinajstić information content (AvgIpc) is 2.27. The maximum absolute atomic E-state index is 9.87. The second-order valence-electron chi connectivity index (χ2n) is 3.60. The third-order valence-electron chi connectivity index (χ3n) is 1.27. The van der Waals surface area contributed by atoms with E-state index in [2.05, 4.69) is 0 Å². The van der Waals surface area contributed by atoms with E-state index < -0.39 is 11.9 Å². The van der Waals surface area contributed by atoms with Gasteiger partial charge in [-0.3, -0.25) is 19.2 Å². The molecule has 9 heteroatoms. The number of aliphatic hydroxyl groups excluding tert-OH is 2. The van der Waals surface area contributed by atoms with E-state index in [1.165, 1.54) is 13.8 Å². The van der Waals surface area contributed by atoms with Gasteiger partial charge in [0.05, 0.1) is 13.2 Å². The zero-order chi connectivity index (χ0) is 17.3. The number of rotatable bonds is 8. The minimum absolute atomic E-state index is 0.213. The summed E-state index contributed by atoms with van der Waals surface area (Å²) in [5.74, 6) is -1.28. The molecule has 0 bridgehead atoms. The monoisotopic (exact) mass is 326 g/mol. The Bertz CT molecular complexity index is 262. The number of carboxylic acid groups (broad SMARTS) is 2. The normalized spacial score (nSPS) is 8.57. The lowest BCUT2D eigenvalue weighted by atomic mass is 10.3. The van der Waals surface area contributed by atoms with E-state index in [0.717, 1.165) is 11.5 Å². The Morgan fingerprint density at radius 1 is 0.762 bits per heavy atom. The fraction of sp³-hybridized carbons (Fsp3) is 0.667. The first-order valence-corrected chi connectivity index (χ1v) is 7.04. The lowest BCUT2D eigenvalue weighted by Crippen LogP contribution is -2.00. The molecule has 0 amide bonds. The molecule has 0 heterocycles. The van der Waals surface area contributed by atoms with Crippen molar-refractivity contribution in [2.45, 2.75) is 26.7 Å². The van der Waals surface area contributed by atoms with Crippen molar-refractivity contribution in [2.24, 2.45) is 0 Å². The molecule has 0 unspecified atom stereocenters. The predicted octanol–water partition coefficient (Wildman–Crippen LogP) is -0.196. The van der Waals surface area contributed by atoms with Crippen LogP contribution in [0, 0.1) is 0 Å². The van der Waals surface area contributed by atoms with Crippen LogP contribution in [0.25, 0.3) is 0 Å². The first-order chi connectivity index (χ1) is 9.67. The van der Waals surface area contributed by atoms with Gasteiger partial charge in [0.2, 0.25) is 0 Å². The Labute approximate surface area is 127 Å². The number of hydrogen-bond acceptors (Lipinski definition) is 7. The summed E-state index contributed by atoms with van der Waals surface area (Å²) in [5.41, 5.74) is 0. The maximum Gasteiger partial charge on any atom is 0.310 e. The standard InChI is InChI=1S/2C4H6O3.C4H10O2S/c2*1-3(5)2-4(6)7;5-1-3-7-4-2-6/h2*2H2,1H3,(H,6,7);5-6H,1-4H2. The first kappa shape index (κ1) is 24.6. The van der Waals surface area contributed by atoms with Gasteiger partial charge < -0.3 is 20.4 Å². The molecule has 0 aromatic rings. The Kier molecular flexibility index (Phi) is 21.7. The van der Waals surface area contributed by atoms with Gasteiger partial charge in [-0.15, -0.1) is 0 Å². The number of aliphatic hydroxyl groups is 2. The summed E-state index contributed by atoms with van der Waals surface area (Å²) in [4.78, 5) is 38.9. The van der Waals surface area contributed by atoms with Gasteiger partial charge in [0.1, 0.15) is 24.4 Å². The summed E-state index contributed by atoms with van der Waals surface area (Å²) < 4.78 is 0. The zero-order valence-electron chi connectivity index (χ0n) is 12.1. The molecule has 0 aliphatic rings. The third kappa shape index (κ3) is 45.6. The van der Waals surface area contributed by atoms with Crippen molar-refractivity contribution < 1.29 is 39.6 Å². The molecule has 0 saturated carbocycles. The highest BCUT2D eigenvalue weighted by molar-refractivity contribution is 7.99. The number of carbonyl (C=O) groups excluding carboxylic acids is 2. The van der Waals surface area contributed by atoms with Crippen molar-refractivity contribution >= 4 is 35.3 Å². The average molecular weight is 326 g/mol. The number of ketones is 2. The molecule has 0 saturated heterocycles. The molecule has 0 rings (SSSR count). The number of carbonyl (C=O) groups is 4. The van der Waals surface area contributed by atoms with Crippen LogP contribution in [0.2, 0.25) is 0 Å². The molecular formula is C12H22O8S. The molecule has 0 aliphatic carbocycles. The predicted molar refractivity (Wildman–Crippen MR) is 77.4 cm³/mol. The number of aliphatic carboxylic acids is 2. The molecule has 8 nitrogen and oxygen atoms in total. The smallest absolute Gasteiger partial charge is 0.310 e. The van der Waals surface area contributed by atoms with Gasteiger partial charge in [0.25, 0.3) is 0 Å². The van der Waals surface area contributed by atoms with E-state index in [9.17, 15) is 19.2 Å². The molecule has 124 valence electrons. The van der Waals surface area contributed by atoms with Crippen LogP contribution in [0.1, 0.15) is 26.7 Å². The second-order valence-corrected chi connectivity index (χ2v) is 4.83. The van der Waals surface area contributed by atoms with E-state index >= 15 is 0 Å². The lowest BCUT2D eigenvalue weighted by Gasteiger charge is -1.90. The van der Waals surface area contributed by atoms with Crippen LogP contribution in [0.5, 0.6) is 0 Å². The van der Waals surface area contributed by atoms with Crippen LogP contribution in [-0.4, -0.2) is 68.7 Å². The van der Waals surface area contributed by atoms with Crippen molar-refractivity contribution in [2.75, 3.05) is 24.7 Å². The Hall–Kier alpha value is -1.45. The van der Waals surface area contributed by atoms with E-state index in [0.29, 0.717) is 0 Å². The third-order valence-corrected chi connectivity index (χ3v) is 2.21. The van der Waals surface area contributed by atoms with Crippen LogP contribution in [0.3, 0.4) is 0 Å². The van der Waals surface area contributed by atoms with Crippen LogP contribution >= 0.6 is 11.8 Å². The van der Waals surface area contributed by atoms with Gasteiger partial charge in [0.15, 0.2) is 0 Å². The number of Topliss-reactive ketones (excluding diaryl/α,β-unsaturated/α-hetero) is 2. The molecule has 0 radical (unpaired) electrons. The molecule has 0 aliphatic heterocycles. The van der Waals surface area contributed by atoms with Crippen molar-refractivity contribution in [1.82, 2.24) is 0 Å². The summed E-state index contributed by atoms with van der Waals surface area (Å²) in [6.45, 7) is 2.91. The van der Waals surface area contributed by atoms with E-state index in [1.54, 1.807) is 11.8 Å². The van der Waals surface area contributed by atoms with Crippen LogP contribution in [-0.2, 0) is 19.2 Å². The Balaban J connectivity index is -0.000000231. The molecule has 0 aromatic carbocycles. The van der Waals surface area contributed by atoms with Gasteiger partial charge in [-0.25, -0.2) is 0 Å². The molecule has 0 atom stereocenters. The molecule has 0 fully saturated rings. The summed E-state index contributed by atoms with van der Waals surface area (Å²) in [6, 6.07) is 0. The topological polar surface area (TPSA) is 149 Å². The first-order valence-electron chi connectivity index (χ1n) is 5.89. The fourth-order valence-corrected chi connectivity index (χ4v) is 1.12. The Morgan fingerprint density at radius 3 is 1.14 bits per heavy atom. The van der Waals surface area contributed by atoms with E-state index in [4.69, 9.17) is 20.4 Å². The van der Waals surface area contributed by atoms with Crippen molar-refractivity contribution in [3.63, 3.8) is 0 Å². The highest BCUT2D eigenvalue weighted by Gasteiger charge is 1.98. The number of hydrogen-bond donors (Lipinski definition) is 4. The zero-order valence-corrected chi connectivity index (χ0v) is 12.9. The maximum atomic E-state index is 9.87. The summed E-state index contributed by atoms with van der Waals surface area (Å²) >= 11 is 1.55. The molecule has 21 heavy (non-hydrogen) atoms. The van der Waals surface area contributed by atoms with Crippen LogP contribution < -0.4 is 0 Å². The van der Waals surface area contributed by atoms with Gasteiger partial charge in [0, 0.05) is 11.5 Å². The molecule has 0 aromatic heterocycles. The highest BCUT2D eigenvalue weighted by atomic mass is 32.2. The quantitative estimate of drug-likeness (QED) is 0.351. The van der Waals surface area contributed by atoms with Gasteiger partial charge >= 0.3 is 11.9 Å². The number of thioether (sulfide) groups is 1. The van der Waals surface area contributed by atoms with Gasteiger partial charge in [-0.1, -0.05) is 0 Å². The number of carboxylic acids is 2. The van der Waals surface area contributed by atoms with E-state index in [1.807, 2.05) is 0 Å². The fourth-order valence-electron chi connectivity index (χ4n) is 0.657. The van der Waals surface area contributed by atoms with Crippen molar-refractivity contribution in [3.8, 4) is 0 Å². The van der Waals surface area contributed by atoms with Crippen molar-refractivity contribution in [3.05, 3.63) is 0 Å². The molecule has 0 spiro atoms. The summed E-state index contributed by atoms with van der Waals surface area (Å²) in [5, 5.41) is 32.1. The van der Waals surface area contributed by atoms with Crippen molar-refractivity contribution in [1.29, 1.82) is 0 Å². The minimum atomic E-state index is -1.06. The van der Waals surface area contributed by atoms with Crippen LogP contribution in [0.4, 0.5) is 0 Å². The largest absolute Gasteiger partial charge is 0.481 e. The van der Waals surface area contributed by atoms with Gasteiger partial charge in [-0.2, -0.15) is 11.8 Å². The molecule has 4 N–H and O–H groups in total.